The van der Waals surface area contributed by atoms with Crippen molar-refractivity contribution in [3.63, 3.8) is 0 Å². The van der Waals surface area contributed by atoms with Gasteiger partial charge in [-0.05, 0) is 60.7 Å². The van der Waals surface area contributed by atoms with Crippen LogP contribution in [0.15, 0.2) is 88.2 Å². The lowest BCUT2D eigenvalue weighted by Crippen LogP contribution is -2.19. The van der Waals surface area contributed by atoms with Crippen molar-refractivity contribution in [2.75, 3.05) is 7.11 Å². The van der Waals surface area contributed by atoms with E-state index in [0.717, 1.165) is 8.45 Å². The fourth-order valence-corrected chi connectivity index (χ4v) is 4.96. The molecule has 146 valence electrons. The van der Waals surface area contributed by atoms with Crippen LogP contribution >= 0.6 is 15.9 Å². The van der Waals surface area contributed by atoms with E-state index in [1.165, 1.54) is 19.2 Å². The summed E-state index contributed by atoms with van der Waals surface area (Å²) in [5.74, 6) is 0.196. The molecule has 4 rings (SSSR count). The first kappa shape index (κ1) is 19.4. The smallest absolute Gasteiger partial charge is 0.268 e. The van der Waals surface area contributed by atoms with Gasteiger partial charge in [-0.15, -0.1) is 0 Å². The van der Waals surface area contributed by atoms with Crippen molar-refractivity contribution in [3.05, 3.63) is 94.6 Å². The molecule has 0 N–H and O–H groups in total. The van der Waals surface area contributed by atoms with E-state index in [9.17, 15) is 13.2 Å². The molecule has 5 nitrogen and oxygen atoms in total. The van der Waals surface area contributed by atoms with Crippen LogP contribution in [-0.2, 0) is 10.0 Å². The van der Waals surface area contributed by atoms with E-state index in [-0.39, 0.29) is 16.4 Å². The minimum atomic E-state index is -3.99. The average Bonchev–Trinajstić information content (AvgIpc) is 3.13. The van der Waals surface area contributed by atoms with Crippen molar-refractivity contribution >= 4 is 42.6 Å². The first-order valence-electron chi connectivity index (χ1n) is 8.72. The van der Waals surface area contributed by atoms with Crippen LogP contribution in [0.1, 0.15) is 16.1 Å². The number of fused-ring (bicyclic) bond motifs is 1. The van der Waals surface area contributed by atoms with Crippen molar-refractivity contribution in [1.82, 2.24) is 3.97 Å². The third-order valence-electron chi connectivity index (χ3n) is 4.58. The lowest BCUT2D eigenvalue weighted by molar-refractivity contribution is 0.103. The summed E-state index contributed by atoms with van der Waals surface area (Å²) in [5, 5.41) is 0.601. The molecule has 0 amide bonds. The van der Waals surface area contributed by atoms with E-state index in [1.807, 2.05) is 0 Å². The van der Waals surface area contributed by atoms with E-state index < -0.39 is 10.0 Å². The third kappa shape index (κ3) is 3.47. The molecule has 0 unspecified atom stereocenters. The number of aromatic nitrogens is 1. The molecule has 0 aliphatic heterocycles. The molecule has 0 spiro atoms. The minimum Gasteiger partial charge on any atom is -0.497 e. The quantitative estimate of drug-likeness (QED) is 0.390. The van der Waals surface area contributed by atoms with Gasteiger partial charge in [0.15, 0.2) is 0 Å². The maximum atomic E-state index is 13.4. The highest BCUT2D eigenvalue weighted by atomic mass is 79.9. The second kappa shape index (κ2) is 7.50. The van der Waals surface area contributed by atoms with Gasteiger partial charge in [0, 0.05) is 15.4 Å². The Balaban J connectivity index is 2.00. The predicted molar refractivity (Wildman–Crippen MR) is 115 cm³/mol. The van der Waals surface area contributed by atoms with E-state index >= 15 is 0 Å². The maximum absolute atomic E-state index is 13.4. The largest absolute Gasteiger partial charge is 0.497 e. The summed E-state index contributed by atoms with van der Waals surface area (Å²) in [4.78, 5) is 13.4. The zero-order chi connectivity index (χ0) is 20.6. The van der Waals surface area contributed by atoms with E-state index in [2.05, 4.69) is 15.9 Å². The molecule has 7 heteroatoms. The number of carbonyl (C=O) groups is 1. The highest BCUT2D eigenvalue weighted by molar-refractivity contribution is 9.10. The molecule has 0 aliphatic carbocycles. The number of rotatable bonds is 5. The normalized spacial score (nSPS) is 11.5. The summed E-state index contributed by atoms with van der Waals surface area (Å²) >= 11 is 3.35. The molecule has 4 aromatic rings. The Kier molecular flexibility index (Phi) is 5.02. The van der Waals surface area contributed by atoms with Gasteiger partial charge in [0.1, 0.15) is 11.4 Å². The van der Waals surface area contributed by atoms with Crippen molar-refractivity contribution < 1.29 is 17.9 Å². The Labute approximate surface area is 176 Å². The fraction of sp³-hybridized carbons (Fsp3) is 0.0455. The first-order chi connectivity index (χ1) is 13.9. The van der Waals surface area contributed by atoms with Crippen molar-refractivity contribution in [2.45, 2.75) is 4.90 Å². The van der Waals surface area contributed by atoms with Crippen molar-refractivity contribution in [1.29, 1.82) is 0 Å². The Morgan fingerprint density at radius 1 is 0.931 bits per heavy atom. The molecule has 0 aliphatic rings. The Bertz CT molecular complexity index is 1310. The lowest BCUT2D eigenvalue weighted by atomic mass is 10.1. The number of carbonyl (C=O) groups excluding carboxylic acids is 1. The van der Waals surface area contributed by atoms with Crippen LogP contribution in [0.5, 0.6) is 5.75 Å². The standard InChI is InChI=1S/C22H16BrNO4S/c1-28-18-11-12-20-16(13-18)14-21(22(25)15-7-9-17(23)10-8-15)24(20)29(26,27)19-5-3-2-4-6-19/h2-14H,1H3. The van der Waals surface area contributed by atoms with Crippen molar-refractivity contribution in [3.8, 4) is 5.75 Å². The summed E-state index contributed by atoms with van der Waals surface area (Å²) in [5.41, 5.74) is 0.877. The zero-order valence-electron chi connectivity index (χ0n) is 15.4. The summed E-state index contributed by atoms with van der Waals surface area (Å²) in [6, 6.07) is 21.5. The molecule has 1 aromatic heterocycles. The summed E-state index contributed by atoms with van der Waals surface area (Å²) in [6.07, 6.45) is 0. The Morgan fingerprint density at radius 2 is 1.62 bits per heavy atom. The van der Waals surface area contributed by atoms with Gasteiger partial charge in [-0.2, -0.15) is 0 Å². The monoisotopic (exact) mass is 469 g/mol. The SMILES string of the molecule is COc1ccc2c(c1)cc(C(=O)c1ccc(Br)cc1)n2S(=O)(=O)c1ccccc1. The highest BCUT2D eigenvalue weighted by Crippen LogP contribution is 2.30. The van der Waals surface area contributed by atoms with Gasteiger partial charge in [-0.25, -0.2) is 12.4 Å². The van der Waals surface area contributed by atoms with E-state index in [4.69, 9.17) is 4.74 Å². The van der Waals surface area contributed by atoms with Gasteiger partial charge >= 0.3 is 0 Å². The van der Waals surface area contributed by atoms with Gasteiger partial charge in [-0.3, -0.25) is 4.79 Å². The molecular weight excluding hydrogens is 454 g/mol. The summed E-state index contributed by atoms with van der Waals surface area (Å²) in [6.45, 7) is 0. The molecule has 0 radical (unpaired) electrons. The lowest BCUT2D eigenvalue weighted by Gasteiger charge is -2.12. The third-order valence-corrected chi connectivity index (χ3v) is 6.86. The molecule has 29 heavy (non-hydrogen) atoms. The molecule has 0 saturated heterocycles. The van der Waals surface area contributed by atoms with Crippen LogP contribution < -0.4 is 4.74 Å². The van der Waals surface area contributed by atoms with Gasteiger partial charge in [0.2, 0.25) is 5.78 Å². The van der Waals surface area contributed by atoms with Crippen LogP contribution in [0.25, 0.3) is 10.9 Å². The number of nitrogens with zero attached hydrogens (tertiary/aromatic N) is 1. The first-order valence-corrected chi connectivity index (χ1v) is 11.0. The average molecular weight is 470 g/mol. The molecule has 0 bridgehead atoms. The second-order valence-corrected chi connectivity index (χ2v) is 9.08. The minimum absolute atomic E-state index is 0.0689. The van der Waals surface area contributed by atoms with Crippen LogP contribution in [0.2, 0.25) is 0 Å². The number of benzene rings is 3. The van der Waals surface area contributed by atoms with Crippen LogP contribution in [0.3, 0.4) is 0 Å². The van der Waals surface area contributed by atoms with Crippen LogP contribution in [0.4, 0.5) is 0 Å². The molecule has 0 saturated carbocycles. The van der Waals surface area contributed by atoms with Gasteiger partial charge in [-0.1, -0.05) is 34.1 Å². The number of ether oxygens (including phenoxy) is 1. The molecule has 0 fully saturated rings. The maximum Gasteiger partial charge on any atom is 0.268 e. The van der Waals surface area contributed by atoms with Gasteiger partial charge in [0.05, 0.1) is 17.5 Å². The van der Waals surface area contributed by atoms with Gasteiger partial charge in [0.25, 0.3) is 10.0 Å². The summed E-state index contributed by atoms with van der Waals surface area (Å²) < 4.78 is 34.1. The Morgan fingerprint density at radius 3 is 2.28 bits per heavy atom. The predicted octanol–water partition coefficient (Wildman–Crippen LogP) is 4.88. The van der Waals surface area contributed by atoms with Crippen LogP contribution in [0, 0.1) is 0 Å². The summed E-state index contributed by atoms with van der Waals surface area (Å²) in [7, 11) is -2.45. The number of halogens is 1. The fourth-order valence-electron chi connectivity index (χ4n) is 3.16. The molecule has 3 aromatic carbocycles. The van der Waals surface area contributed by atoms with Crippen LogP contribution in [-0.4, -0.2) is 25.3 Å². The zero-order valence-corrected chi connectivity index (χ0v) is 17.8. The molecular formula is C22H16BrNO4S. The van der Waals surface area contributed by atoms with Crippen molar-refractivity contribution in [2.24, 2.45) is 0 Å². The number of hydrogen-bond acceptors (Lipinski definition) is 4. The van der Waals surface area contributed by atoms with Gasteiger partial charge < -0.3 is 4.74 Å². The highest BCUT2D eigenvalue weighted by Gasteiger charge is 2.27. The molecule has 0 atom stereocenters. The van der Waals surface area contributed by atoms with E-state index in [1.54, 1.807) is 66.7 Å². The molecule has 1 heterocycles. The Hall–Kier alpha value is -2.90. The number of hydrogen-bond donors (Lipinski definition) is 0. The second-order valence-electron chi connectivity index (χ2n) is 6.37. The van der Waals surface area contributed by atoms with E-state index in [0.29, 0.717) is 22.2 Å². The number of ketones is 1. The topological polar surface area (TPSA) is 65.4 Å². The number of methoxy groups -OCH3 is 1.